The number of pyridine rings is 1. The van der Waals surface area contributed by atoms with E-state index in [2.05, 4.69) is 39.1 Å². The molecule has 1 aliphatic heterocycles. The Kier molecular flexibility index (Phi) is 2.19. The van der Waals surface area contributed by atoms with E-state index in [0.29, 0.717) is 6.04 Å². The molecule has 1 aromatic carbocycles. The minimum absolute atomic E-state index is 0.575. The van der Waals surface area contributed by atoms with Crippen LogP contribution in [0.25, 0.3) is 22.6 Å². The summed E-state index contributed by atoms with van der Waals surface area (Å²) >= 11 is 0. The SMILES string of the molecule is c1cnc2c(c1)nc(-c1ccc3c(c1)CCN3)n2C1CC1. The molecular formula is C17H16N4. The number of nitrogens with zero attached hydrogens (tertiary/aromatic N) is 3. The number of rotatable bonds is 2. The van der Waals surface area contributed by atoms with Crippen LogP contribution in [0.5, 0.6) is 0 Å². The van der Waals surface area contributed by atoms with Crippen molar-refractivity contribution in [3.05, 3.63) is 42.1 Å². The van der Waals surface area contributed by atoms with Gasteiger partial charge in [-0.15, -0.1) is 0 Å². The first kappa shape index (κ1) is 11.3. The summed E-state index contributed by atoms with van der Waals surface area (Å²) in [5.41, 5.74) is 5.90. The first-order valence-corrected chi connectivity index (χ1v) is 7.60. The zero-order valence-corrected chi connectivity index (χ0v) is 11.7. The number of hydrogen-bond donors (Lipinski definition) is 1. The van der Waals surface area contributed by atoms with Gasteiger partial charge < -0.3 is 9.88 Å². The highest BCUT2D eigenvalue weighted by molar-refractivity contribution is 5.78. The van der Waals surface area contributed by atoms with Crippen LogP contribution < -0.4 is 5.32 Å². The maximum absolute atomic E-state index is 4.85. The third kappa shape index (κ3) is 1.68. The lowest BCUT2D eigenvalue weighted by atomic mass is 10.1. The zero-order valence-electron chi connectivity index (χ0n) is 11.7. The quantitative estimate of drug-likeness (QED) is 0.780. The minimum Gasteiger partial charge on any atom is -0.384 e. The second-order valence-electron chi connectivity index (χ2n) is 5.93. The van der Waals surface area contributed by atoms with Crippen LogP contribution in [0.4, 0.5) is 5.69 Å². The second kappa shape index (κ2) is 4.07. The second-order valence-corrected chi connectivity index (χ2v) is 5.93. The van der Waals surface area contributed by atoms with Gasteiger partial charge in [-0.3, -0.25) is 0 Å². The van der Waals surface area contributed by atoms with Crippen molar-refractivity contribution in [2.24, 2.45) is 0 Å². The van der Waals surface area contributed by atoms with E-state index in [0.717, 1.165) is 30.0 Å². The summed E-state index contributed by atoms with van der Waals surface area (Å²) < 4.78 is 2.33. The number of fused-ring (bicyclic) bond motifs is 2. The van der Waals surface area contributed by atoms with Crippen molar-refractivity contribution in [2.75, 3.05) is 11.9 Å². The normalized spacial score (nSPS) is 17.0. The van der Waals surface area contributed by atoms with Gasteiger partial charge in [0, 0.05) is 30.0 Å². The first-order chi connectivity index (χ1) is 10.4. The summed E-state index contributed by atoms with van der Waals surface area (Å²) in [6, 6.07) is 11.2. The highest BCUT2D eigenvalue weighted by Crippen LogP contribution is 2.41. The molecule has 1 fully saturated rings. The van der Waals surface area contributed by atoms with E-state index in [4.69, 9.17) is 4.98 Å². The summed E-state index contributed by atoms with van der Waals surface area (Å²) in [5.74, 6) is 1.07. The molecule has 5 rings (SSSR count). The van der Waals surface area contributed by atoms with Gasteiger partial charge in [0.15, 0.2) is 5.65 Å². The Balaban J connectivity index is 1.75. The van der Waals surface area contributed by atoms with E-state index in [1.807, 2.05) is 12.3 Å². The molecule has 1 aliphatic carbocycles. The molecule has 104 valence electrons. The van der Waals surface area contributed by atoms with Crippen LogP contribution >= 0.6 is 0 Å². The number of hydrogen-bond acceptors (Lipinski definition) is 3. The number of benzene rings is 1. The maximum Gasteiger partial charge on any atom is 0.160 e. The van der Waals surface area contributed by atoms with Gasteiger partial charge in [-0.05, 0) is 55.2 Å². The van der Waals surface area contributed by atoms with Gasteiger partial charge in [0.2, 0.25) is 0 Å². The topological polar surface area (TPSA) is 42.7 Å². The summed E-state index contributed by atoms with van der Waals surface area (Å²) in [6.45, 7) is 1.04. The van der Waals surface area contributed by atoms with Crippen LogP contribution in [0, 0.1) is 0 Å². The van der Waals surface area contributed by atoms with Crippen LogP contribution in [-0.2, 0) is 6.42 Å². The van der Waals surface area contributed by atoms with Gasteiger partial charge in [0.05, 0.1) is 0 Å². The highest BCUT2D eigenvalue weighted by atomic mass is 15.2. The summed E-state index contributed by atoms with van der Waals surface area (Å²) in [4.78, 5) is 9.40. The third-order valence-corrected chi connectivity index (χ3v) is 4.43. The van der Waals surface area contributed by atoms with Crippen LogP contribution in [-0.4, -0.2) is 21.1 Å². The van der Waals surface area contributed by atoms with Gasteiger partial charge in [0.25, 0.3) is 0 Å². The van der Waals surface area contributed by atoms with Gasteiger partial charge in [-0.25, -0.2) is 9.97 Å². The van der Waals surface area contributed by atoms with Gasteiger partial charge in [-0.1, -0.05) is 0 Å². The molecule has 1 saturated carbocycles. The molecule has 3 aromatic rings. The molecule has 2 aromatic heterocycles. The molecule has 1 N–H and O–H groups in total. The molecule has 3 heterocycles. The molecule has 0 bridgehead atoms. The Bertz CT molecular complexity index is 845. The molecule has 0 unspecified atom stereocenters. The fourth-order valence-corrected chi connectivity index (χ4v) is 3.26. The Hall–Kier alpha value is -2.36. The minimum atomic E-state index is 0.575. The lowest BCUT2D eigenvalue weighted by Crippen LogP contribution is -1.98. The number of imidazole rings is 1. The largest absolute Gasteiger partial charge is 0.384 e. The highest BCUT2D eigenvalue weighted by Gasteiger charge is 2.29. The average Bonchev–Trinajstić information content (AvgIpc) is 3.12. The fraction of sp³-hybridized carbons (Fsp3) is 0.294. The molecular weight excluding hydrogens is 260 g/mol. The average molecular weight is 276 g/mol. The van der Waals surface area contributed by atoms with Gasteiger partial charge >= 0.3 is 0 Å². The van der Waals surface area contributed by atoms with Crippen molar-refractivity contribution in [1.82, 2.24) is 14.5 Å². The van der Waals surface area contributed by atoms with Crippen molar-refractivity contribution in [1.29, 1.82) is 0 Å². The van der Waals surface area contributed by atoms with Crippen LogP contribution in [0.2, 0.25) is 0 Å². The number of anilines is 1. The Morgan fingerprint density at radius 1 is 1.19 bits per heavy atom. The summed E-state index contributed by atoms with van der Waals surface area (Å²) in [5, 5.41) is 3.42. The van der Waals surface area contributed by atoms with E-state index in [-0.39, 0.29) is 0 Å². The van der Waals surface area contributed by atoms with Crippen molar-refractivity contribution in [2.45, 2.75) is 25.3 Å². The first-order valence-electron chi connectivity index (χ1n) is 7.60. The standard InChI is InChI=1S/C17H16N4/c1-2-15-17(19-8-1)21(13-4-5-13)16(20-15)12-3-6-14-11(10-12)7-9-18-14/h1-3,6,8,10,13,18H,4-5,7,9H2. The molecule has 4 heteroatoms. The van der Waals surface area contributed by atoms with E-state index in [1.54, 1.807) is 0 Å². The van der Waals surface area contributed by atoms with Crippen LogP contribution in [0.15, 0.2) is 36.5 Å². The molecule has 21 heavy (non-hydrogen) atoms. The van der Waals surface area contributed by atoms with Crippen molar-refractivity contribution in [3.8, 4) is 11.4 Å². The molecule has 4 nitrogen and oxygen atoms in total. The Morgan fingerprint density at radius 2 is 2.14 bits per heavy atom. The van der Waals surface area contributed by atoms with Gasteiger partial charge in [0.1, 0.15) is 11.3 Å². The van der Waals surface area contributed by atoms with Gasteiger partial charge in [-0.2, -0.15) is 0 Å². The fourth-order valence-electron chi connectivity index (χ4n) is 3.26. The molecule has 2 aliphatic rings. The Morgan fingerprint density at radius 3 is 3.05 bits per heavy atom. The van der Waals surface area contributed by atoms with E-state index in [1.165, 1.54) is 29.7 Å². The van der Waals surface area contributed by atoms with Crippen molar-refractivity contribution < 1.29 is 0 Å². The van der Waals surface area contributed by atoms with Crippen LogP contribution in [0.3, 0.4) is 0 Å². The predicted molar refractivity (Wildman–Crippen MR) is 83.4 cm³/mol. The van der Waals surface area contributed by atoms with Crippen LogP contribution in [0.1, 0.15) is 24.4 Å². The van der Waals surface area contributed by atoms with E-state index in [9.17, 15) is 0 Å². The van der Waals surface area contributed by atoms with Crippen molar-refractivity contribution in [3.63, 3.8) is 0 Å². The summed E-state index contributed by atoms with van der Waals surface area (Å²) in [6.07, 6.45) is 5.44. The lowest BCUT2D eigenvalue weighted by Gasteiger charge is -2.08. The molecule has 0 spiro atoms. The zero-order chi connectivity index (χ0) is 13.8. The van der Waals surface area contributed by atoms with E-state index < -0.39 is 0 Å². The molecule has 0 saturated heterocycles. The Labute approximate surface area is 122 Å². The predicted octanol–water partition coefficient (Wildman–Crippen LogP) is 3.40. The number of nitrogens with one attached hydrogen (secondary N) is 1. The third-order valence-electron chi connectivity index (χ3n) is 4.43. The number of aromatic nitrogens is 3. The monoisotopic (exact) mass is 276 g/mol. The smallest absolute Gasteiger partial charge is 0.160 e. The molecule has 0 atom stereocenters. The maximum atomic E-state index is 4.85. The van der Waals surface area contributed by atoms with E-state index >= 15 is 0 Å². The summed E-state index contributed by atoms with van der Waals surface area (Å²) in [7, 11) is 0. The molecule has 0 amide bonds. The molecule has 0 radical (unpaired) electrons. The van der Waals surface area contributed by atoms with Crippen molar-refractivity contribution >= 4 is 16.9 Å². The lowest BCUT2D eigenvalue weighted by molar-refractivity contribution is 0.766.